The van der Waals surface area contributed by atoms with Crippen LogP contribution in [0.5, 0.6) is 17.2 Å². The molecule has 6 heteroatoms. The summed E-state index contributed by atoms with van der Waals surface area (Å²) >= 11 is 0. The first-order valence-corrected chi connectivity index (χ1v) is 9.96. The Balaban J connectivity index is 1.79. The van der Waals surface area contributed by atoms with Gasteiger partial charge in [0.1, 0.15) is 44.2 Å². The van der Waals surface area contributed by atoms with Gasteiger partial charge in [0.05, 0.1) is 19.4 Å². The van der Waals surface area contributed by atoms with Crippen LogP contribution in [0.1, 0.15) is 23.6 Å². The molecule has 0 aromatic heterocycles. The molecule has 0 bridgehead atoms. The fourth-order valence-corrected chi connectivity index (χ4v) is 2.82. The molecule has 162 valence electrons. The minimum Gasteiger partial charge on any atom is -0.490 e. The van der Waals surface area contributed by atoms with Gasteiger partial charge in [0.25, 0.3) is 0 Å². The van der Waals surface area contributed by atoms with Gasteiger partial charge in [-0.2, -0.15) is 0 Å². The summed E-state index contributed by atoms with van der Waals surface area (Å²) in [5.41, 5.74) is 3.11. The van der Waals surface area contributed by atoms with Gasteiger partial charge in [-0.15, -0.1) is 0 Å². The zero-order valence-electron chi connectivity index (χ0n) is 18.2. The van der Waals surface area contributed by atoms with Crippen LogP contribution >= 0.6 is 0 Å². The summed E-state index contributed by atoms with van der Waals surface area (Å²) in [5.74, 6) is 2.50. The van der Waals surface area contributed by atoms with Crippen molar-refractivity contribution in [3.05, 3.63) is 65.2 Å². The number of allylic oxidation sites excluding steroid dienone is 1. The molecule has 0 atom stereocenters. The van der Waals surface area contributed by atoms with Crippen LogP contribution in [0.25, 0.3) is 0 Å². The molecule has 0 saturated carbocycles. The minimum absolute atomic E-state index is 0.393. The van der Waals surface area contributed by atoms with Crippen LogP contribution in [0.4, 0.5) is 0 Å². The molecule has 0 unspecified atom stereocenters. The quantitative estimate of drug-likeness (QED) is 0.203. The summed E-state index contributed by atoms with van der Waals surface area (Å²) in [4.78, 5) is 4.59. The maximum atomic E-state index is 5.96. The van der Waals surface area contributed by atoms with Crippen molar-refractivity contribution in [2.75, 3.05) is 33.5 Å². The molecule has 0 aliphatic carbocycles. The van der Waals surface area contributed by atoms with Crippen molar-refractivity contribution in [3.63, 3.8) is 0 Å². The van der Waals surface area contributed by atoms with Crippen LogP contribution < -0.4 is 14.2 Å². The molecule has 0 spiro atoms. The summed E-state index contributed by atoms with van der Waals surface area (Å²) in [6.45, 7) is 8.35. The lowest BCUT2D eigenvalue weighted by Crippen LogP contribution is -2.10. The monoisotopic (exact) mass is 413 g/mol. The predicted molar refractivity (Wildman–Crippen MR) is 119 cm³/mol. The smallest absolute Gasteiger partial charge is 0.125 e. The fraction of sp³-hybridized carbons (Fsp3) is 0.375. The largest absolute Gasteiger partial charge is 0.490 e. The third-order valence-electron chi connectivity index (χ3n) is 4.15. The van der Waals surface area contributed by atoms with Crippen LogP contribution in [0, 0.1) is 13.8 Å². The zero-order chi connectivity index (χ0) is 21.6. The molecule has 2 aromatic rings. The van der Waals surface area contributed by atoms with Crippen LogP contribution in [0.3, 0.4) is 0 Å². The molecule has 0 aliphatic heterocycles. The van der Waals surface area contributed by atoms with Crippen molar-refractivity contribution < 1.29 is 23.8 Å². The summed E-state index contributed by atoms with van der Waals surface area (Å²) in [5, 5.41) is 3.63. The number of nitrogens with zero attached hydrogens (tertiary/aromatic N) is 1. The molecule has 0 saturated heterocycles. The van der Waals surface area contributed by atoms with E-state index in [9.17, 15) is 0 Å². The van der Waals surface area contributed by atoms with Crippen LogP contribution in [0.15, 0.2) is 53.7 Å². The van der Waals surface area contributed by atoms with Gasteiger partial charge in [-0.05, 0) is 61.7 Å². The van der Waals surface area contributed by atoms with Gasteiger partial charge in [-0.25, -0.2) is 0 Å². The van der Waals surface area contributed by atoms with E-state index in [1.807, 2.05) is 69.3 Å². The lowest BCUT2D eigenvalue weighted by molar-refractivity contribution is 0.154. The van der Waals surface area contributed by atoms with Crippen LogP contribution in [-0.2, 0) is 16.2 Å². The van der Waals surface area contributed by atoms with Crippen molar-refractivity contribution in [1.82, 2.24) is 0 Å². The van der Waals surface area contributed by atoms with Crippen LogP contribution in [-0.4, -0.2) is 39.8 Å². The fourth-order valence-electron chi connectivity index (χ4n) is 2.82. The number of ether oxygens (including phenoxy) is 4. The average molecular weight is 414 g/mol. The SMILES string of the molecule is C/C=C/COc1cc(C)c(OCCOc2cccc(COC/C=N/OC)c2)c(C)c1. The van der Waals surface area contributed by atoms with Gasteiger partial charge in [-0.3, -0.25) is 0 Å². The first kappa shape index (κ1) is 23.3. The Hall–Kier alpha value is -2.99. The summed E-state index contributed by atoms with van der Waals surface area (Å²) in [6, 6.07) is 11.8. The highest BCUT2D eigenvalue weighted by Gasteiger charge is 2.07. The number of oxime groups is 1. The Kier molecular flexibility index (Phi) is 10.3. The first-order valence-electron chi connectivity index (χ1n) is 9.96. The van der Waals surface area contributed by atoms with E-state index < -0.39 is 0 Å². The van der Waals surface area contributed by atoms with E-state index >= 15 is 0 Å². The Morgan fingerprint density at radius 3 is 2.40 bits per heavy atom. The zero-order valence-corrected chi connectivity index (χ0v) is 18.2. The standard InChI is InChI=1S/C24H31NO5/c1-5-6-11-28-23-15-19(2)24(20(3)16-23)30-14-13-29-22-9-7-8-21(17-22)18-27-12-10-25-26-4/h5-10,15-17H,11-14,18H2,1-4H3/b6-5+,25-10+. The average Bonchev–Trinajstić information content (AvgIpc) is 2.73. The van der Waals surface area contributed by atoms with E-state index in [1.165, 1.54) is 7.11 Å². The molecule has 30 heavy (non-hydrogen) atoms. The van der Waals surface area contributed by atoms with E-state index in [0.29, 0.717) is 33.0 Å². The molecule has 0 amide bonds. The molecule has 0 radical (unpaired) electrons. The highest BCUT2D eigenvalue weighted by atomic mass is 16.6. The number of rotatable bonds is 13. The first-order chi connectivity index (χ1) is 14.6. The van der Waals surface area contributed by atoms with E-state index in [-0.39, 0.29) is 0 Å². The van der Waals surface area contributed by atoms with Gasteiger partial charge in [0, 0.05) is 0 Å². The third kappa shape index (κ3) is 8.17. The second-order valence-corrected chi connectivity index (χ2v) is 6.60. The second kappa shape index (κ2) is 13.3. The van der Waals surface area contributed by atoms with Crippen molar-refractivity contribution in [2.24, 2.45) is 5.16 Å². The Morgan fingerprint density at radius 1 is 0.900 bits per heavy atom. The molecule has 2 aromatic carbocycles. The van der Waals surface area contributed by atoms with Gasteiger partial charge >= 0.3 is 0 Å². The highest BCUT2D eigenvalue weighted by molar-refractivity contribution is 5.57. The minimum atomic E-state index is 0.393. The highest BCUT2D eigenvalue weighted by Crippen LogP contribution is 2.28. The number of benzene rings is 2. The second-order valence-electron chi connectivity index (χ2n) is 6.60. The normalized spacial score (nSPS) is 11.2. The van der Waals surface area contributed by atoms with Crippen LogP contribution in [0.2, 0.25) is 0 Å². The molecule has 2 rings (SSSR count). The number of aryl methyl sites for hydroxylation is 2. The lowest BCUT2D eigenvalue weighted by Gasteiger charge is -2.15. The topological polar surface area (TPSA) is 58.5 Å². The molecule has 0 N–H and O–H groups in total. The van der Waals surface area contributed by atoms with Crippen molar-refractivity contribution >= 4 is 6.21 Å². The van der Waals surface area contributed by atoms with Gasteiger partial charge in [-0.1, -0.05) is 29.4 Å². The Morgan fingerprint density at radius 2 is 1.67 bits per heavy atom. The predicted octanol–water partition coefficient (Wildman–Crippen LogP) is 4.86. The third-order valence-corrected chi connectivity index (χ3v) is 4.15. The van der Waals surface area contributed by atoms with Crippen molar-refractivity contribution in [1.29, 1.82) is 0 Å². The van der Waals surface area contributed by atoms with Crippen molar-refractivity contribution in [3.8, 4) is 17.2 Å². The number of hydrogen-bond donors (Lipinski definition) is 0. The van der Waals surface area contributed by atoms with Gasteiger partial charge in [0.15, 0.2) is 0 Å². The van der Waals surface area contributed by atoms with Gasteiger partial charge < -0.3 is 23.8 Å². The van der Waals surface area contributed by atoms with Gasteiger partial charge in [0.2, 0.25) is 0 Å². The Labute approximate surface area is 179 Å². The summed E-state index contributed by atoms with van der Waals surface area (Å²) < 4.78 is 23.0. The molecular weight excluding hydrogens is 382 g/mol. The van der Waals surface area contributed by atoms with E-state index in [1.54, 1.807) is 6.21 Å². The Bertz CT molecular complexity index is 809. The lowest BCUT2D eigenvalue weighted by atomic mass is 10.1. The summed E-state index contributed by atoms with van der Waals surface area (Å²) in [7, 11) is 1.50. The van der Waals surface area contributed by atoms with E-state index in [0.717, 1.165) is 33.9 Å². The molecule has 0 fully saturated rings. The maximum Gasteiger partial charge on any atom is 0.125 e. The molecule has 0 aliphatic rings. The number of hydrogen-bond acceptors (Lipinski definition) is 6. The maximum absolute atomic E-state index is 5.96. The van der Waals surface area contributed by atoms with E-state index in [2.05, 4.69) is 9.99 Å². The summed E-state index contributed by atoms with van der Waals surface area (Å²) in [6.07, 6.45) is 5.52. The molecule has 6 nitrogen and oxygen atoms in total. The van der Waals surface area contributed by atoms with Crippen molar-refractivity contribution in [2.45, 2.75) is 27.4 Å². The molecule has 0 heterocycles. The van der Waals surface area contributed by atoms with E-state index in [4.69, 9.17) is 18.9 Å². The molecular formula is C24H31NO5.